The molecule has 0 aromatic carbocycles. The van der Waals surface area contributed by atoms with Crippen molar-refractivity contribution in [3.8, 4) is 0 Å². The summed E-state index contributed by atoms with van der Waals surface area (Å²) in [5.74, 6) is 0.540. The molecule has 0 spiro atoms. The number of sulfonamides is 1. The van der Waals surface area contributed by atoms with E-state index in [0.717, 1.165) is 19.5 Å². The summed E-state index contributed by atoms with van der Waals surface area (Å²) in [6, 6.07) is 0.241. The molecule has 2 heterocycles. The first-order valence-corrected chi connectivity index (χ1v) is 9.29. The van der Waals surface area contributed by atoms with Crippen molar-refractivity contribution < 1.29 is 8.42 Å². The van der Waals surface area contributed by atoms with E-state index >= 15 is 0 Å². The number of nitrogens with zero attached hydrogens (tertiary/aromatic N) is 4. The number of rotatable bonds is 6. The number of halogens is 1. The lowest BCUT2D eigenvalue weighted by molar-refractivity contribution is 0.135. The lowest BCUT2D eigenvalue weighted by Gasteiger charge is -2.38. The summed E-state index contributed by atoms with van der Waals surface area (Å²) in [6.45, 7) is 7.59. The molecule has 0 aliphatic carbocycles. The van der Waals surface area contributed by atoms with E-state index in [4.69, 9.17) is 11.6 Å². The number of hydrogen-bond donors (Lipinski definition) is 0. The van der Waals surface area contributed by atoms with Crippen molar-refractivity contribution in [2.45, 2.75) is 37.8 Å². The van der Waals surface area contributed by atoms with E-state index in [-0.39, 0.29) is 10.9 Å². The molecular formula is C13H23ClN4O2S. The molecule has 1 aromatic heterocycles. The van der Waals surface area contributed by atoms with E-state index in [1.807, 2.05) is 0 Å². The molecule has 2 rings (SSSR count). The van der Waals surface area contributed by atoms with Crippen LogP contribution in [0.1, 0.15) is 20.3 Å². The Kier molecular flexibility index (Phi) is 5.65. The van der Waals surface area contributed by atoms with E-state index in [1.165, 1.54) is 6.20 Å². The second-order valence-corrected chi connectivity index (χ2v) is 7.64. The lowest BCUT2D eigenvalue weighted by atomic mass is 10.2. The molecule has 0 radical (unpaired) electrons. The SMILES string of the molecule is CCN1CCN(S(=O)(=O)c2cnn(CCCCl)c2)CC1C. The van der Waals surface area contributed by atoms with Gasteiger partial charge in [-0.25, -0.2) is 8.42 Å². The van der Waals surface area contributed by atoms with Gasteiger partial charge in [0, 0.05) is 44.3 Å². The van der Waals surface area contributed by atoms with Crippen molar-refractivity contribution in [2.75, 3.05) is 32.1 Å². The Morgan fingerprint density at radius 1 is 1.43 bits per heavy atom. The van der Waals surface area contributed by atoms with Gasteiger partial charge in [0.1, 0.15) is 4.90 Å². The van der Waals surface area contributed by atoms with Crippen molar-refractivity contribution in [1.29, 1.82) is 0 Å². The van der Waals surface area contributed by atoms with Gasteiger partial charge in [0.2, 0.25) is 10.0 Å². The molecular weight excluding hydrogens is 312 g/mol. The summed E-state index contributed by atoms with van der Waals surface area (Å²) in [7, 11) is -3.44. The summed E-state index contributed by atoms with van der Waals surface area (Å²) in [5, 5.41) is 4.11. The lowest BCUT2D eigenvalue weighted by Crippen LogP contribution is -2.53. The van der Waals surface area contributed by atoms with E-state index in [9.17, 15) is 8.42 Å². The van der Waals surface area contributed by atoms with Crippen molar-refractivity contribution >= 4 is 21.6 Å². The highest BCUT2D eigenvalue weighted by molar-refractivity contribution is 7.89. The van der Waals surface area contributed by atoms with E-state index < -0.39 is 10.0 Å². The highest BCUT2D eigenvalue weighted by Gasteiger charge is 2.32. The molecule has 1 aromatic rings. The maximum atomic E-state index is 12.6. The van der Waals surface area contributed by atoms with Crippen molar-refractivity contribution in [3.05, 3.63) is 12.4 Å². The second-order valence-electron chi connectivity index (χ2n) is 5.32. The molecule has 1 aliphatic rings. The molecule has 1 fully saturated rings. The van der Waals surface area contributed by atoms with Gasteiger partial charge in [0.05, 0.1) is 6.20 Å². The maximum absolute atomic E-state index is 12.6. The number of aromatic nitrogens is 2. The second kappa shape index (κ2) is 7.09. The van der Waals surface area contributed by atoms with Gasteiger partial charge in [-0.15, -0.1) is 11.6 Å². The molecule has 1 unspecified atom stereocenters. The average Bonchev–Trinajstić information content (AvgIpc) is 2.94. The average molecular weight is 335 g/mol. The third-order valence-electron chi connectivity index (χ3n) is 3.90. The number of hydrogen-bond acceptors (Lipinski definition) is 4. The molecule has 0 amide bonds. The Labute approximate surface area is 131 Å². The highest BCUT2D eigenvalue weighted by atomic mass is 35.5. The first-order valence-electron chi connectivity index (χ1n) is 7.31. The number of likely N-dealkylation sites (N-methyl/N-ethyl adjacent to an activating group) is 1. The molecule has 120 valence electrons. The molecule has 1 saturated heterocycles. The van der Waals surface area contributed by atoms with Crippen LogP contribution in [0.2, 0.25) is 0 Å². The summed E-state index contributed by atoms with van der Waals surface area (Å²) >= 11 is 5.64. The minimum atomic E-state index is -3.44. The maximum Gasteiger partial charge on any atom is 0.246 e. The summed E-state index contributed by atoms with van der Waals surface area (Å²) < 4.78 is 28.5. The standard InChI is InChI=1S/C13H23ClN4O2S/c1-3-16-7-8-18(10-12(16)2)21(19,20)13-9-15-17(11-13)6-4-5-14/h9,11-12H,3-8,10H2,1-2H3. The Morgan fingerprint density at radius 2 is 2.19 bits per heavy atom. The largest absolute Gasteiger partial charge is 0.298 e. The molecule has 21 heavy (non-hydrogen) atoms. The Balaban J connectivity index is 2.09. The molecule has 6 nitrogen and oxygen atoms in total. The zero-order valence-electron chi connectivity index (χ0n) is 12.6. The fourth-order valence-corrected chi connectivity index (χ4v) is 4.21. The van der Waals surface area contributed by atoms with Gasteiger partial charge in [-0.3, -0.25) is 9.58 Å². The van der Waals surface area contributed by atoms with Crippen LogP contribution in [-0.2, 0) is 16.6 Å². The van der Waals surface area contributed by atoms with Crippen molar-refractivity contribution in [3.63, 3.8) is 0 Å². The minimum absolute atomic E-state index is 0.241. The molecule has 1 aliphatic heterocycles. The quantitative estimate of drug-likeness (QED) is 0.734. The van der Waals surface area contributed by atoms with Crippen LogP contribution < -0.4 is 0 Å². The zero-order chi connectivity index (χ0) is 15.5. The van der Waals surface area contributed by atoms with Gasteiger partial charge in [-0.05, 0) is 19.9 Å². The Morgan fingerprint density at radius 3 is 2.81 bits per heavy atom. The first kappa shape index (κ1) is 16.7. The van der Waals surface area contributed by atoms with Crippen LogP contribution in [0.5, 0.6) is 0 Å². The number of aryl methyl sites for hydroxylation is 1. The molecule has 1 atom stereocenters. The van der Waals surface area contributed by atoms with Crippen LogP contribution in [0.3, 0.4) is 0 Å². The van der Waals surface area contributed by atoms with Gasteiger partial charge in [0.25, 0.3) is 0 Å². The number of piperazine rings is 1. The fraction of sp³-hybridized carbons (Fsp3) is 0.769. The van der Waals surface area contributed by atoms with E-state index in [1.54, 1.807) is 15.2 Å². The number of alkyl halides is 1. The Hall–Kier alpha value is -0.630. The van der Waals surface area contributed by atoms with Crippen molar-refractivity contribution in [2.24, 2.45) is 0 Å². The first-order chi connectivity index (χ1) is 9.98. The fourth-order valence-electron chi connectivity index (χ4n) is 2.62. The zero-order valence-corrected chi connectivity index (χ0v) is 14.1. The molecule has 8 heteroatoms. The van der Waals surface area contributed by atoms with Crippen LogP contribution in [0.15, 0.2) is 17.3 Å². The van der Waals surface area contributed by atoms with E-state index in [0.29, 0.717) is 25.5 Å². The van der Waals surface area contributed by atoms with Crippen LogP contribution in [0.25, 0.3) is 0 Å². The Bertz CT molecular complexity index is 560. The van der Waals surface area contributed by atoms with Crippen molar-refractivity contribution in [1.82, 2.24) is 19.0 Å². The predicted molar refractivity (Wildman–Crippen MR) is 83.0 cm³/mol. The van der Waals surface area contributed by atoms with Crippen LogP contribution >= 0.6 is 11.6 Å². The van der Waals surface area contributed by atoms with Crippen LogP contribution in [-0.4, -0.2) is 65.5 Å². The monoisotopic (exact) mass is 334 g/mol. The molecule has 0 bridgehead atoms. The summed E-state index contributed by atoms with van der Waals surface area (Å²) in [5.41, 5.74) is 0. The van der Waals surface area contributed by atoms with Gasteiger partial charge < -0.3 is 0 Å². The van der Waals surface area contributed by atoms with Crippen LogP contribution in [0.4, 0.5) is 0 Å². The van der Waals surface area contributed by atoms with E-state index in [2.05, 4.69) is 23.8 Å². The normalized spacial score (nSPS) is 21.8. The third kappa shape index (κ3) is 3.77. The molecule has 0 N–H and O–H groups in total. The van der Waals surface area contributed by atoms with Gasteiger partial charge in [-0.2, -0.15) is 9.40 Å². The van der Waals surface area contributed by atoms with Gasteiger partial charge in [0.15, 0.2) is 0 Å². The summed E-state index contributed by atoms with van der Waals surface area (Å²) in [6.07, 6.45) is 3.80. The van der Waals surface area contributed by atoms with Crippen LogP contribution in [0, 0.1) is 0 Å². The van der Waals surface area contributed by atoms with Gasteiger partial charge in [-0.1, -0.05) is 6.92 Å². The van der Waals surface area contributed by atoms with Gasteiger partial charge >= 0.3 is 0 Å². The summed E-state index contributed by atoms with van der Waals surface area (Å²) in [4.78, 5) is 2.56. The topological polar surface area (TPSA) is 58.4 Å². The molecule has 0 saturated carbocycles. The minimum Gasteiger partial charge on any atom is -0.298 e. The third-order valence-corrected chi connectivity index (χ3v) is 5.99. The highest BCUT2D eigenvalue weighted by Crippen LogP contribution is 2.19. The predicted octanol–water partition coefficient (Wildman–Crippen LogP) is 1.23. The smallest absolute Gasteiger partial charge is 0.246 e.